The molecule has 146 valence electrons. The van der Waals surface area contributed by atoms with Crippen molar-refractivity contribution in [2.24, 2.45) is 4.99 Å². The maximum Gasteiger partial charge on any atom is 0.203 e. The van der Waals surface area contributed by atoms with E-state index in [1.807, 2.05) is 0 Å². The molecule has 4 nitrogen and oxygen atoms in total. The highest BCUT2D eigenvalue weighted by molar-refractivity contribution is 6.59. The highest BCUT2D eigenvalue weighted by Gasteiger charge is 2.04. The molecule has 27 heavy (non-hydrogen) atoms. The van der Waals surface area contributed by atoms with Crippen LogP contribution in [0.1, 0.15) is 85.3 Å². The maximum absolute atomic E-state index is 11.3. The minimum Gasteiger partial charge on any atom is -0.313 e. The quantitative estimate of drug-likeness (QED) is 0.122. The molecule has 4 radical (unpaired) electrons. The average molecular weight is 370 g/mol. The molecule has 0 spiro atoms. The minimum atomic E-state index is -1.01. The van der Waals surface area contributed by atoms with Crippen LogP contribution in [0.3, 0.4) is 0 Å². The SMILES string of the molecule is [3H]C(=NC([B])=O)N(CCCCCCCC/C=C\C/C=C\CCCCC)C([B])=O. The monoisotopic (exact) mass is 370 g/mol. The molecule has 0 aliphatic carbocycles. The Kier molecular flexibility index (Phi) is 16.7. The van der Waals surface area contributed by atoms with Crippen LogP contribution in [0.2, 0.25) is 0 Å². The molecule has 0 N–H and O–H groups in total. The summed E-state index contributed by atoms with van der Waals surface area (Å²) in [6.07, 6.45) is 22.0. The molecule has 0 aliphatic rings. The second kappa shape index (κ2) is 19.2. The van der Waals surface area contributed by atoms with Crippen molar-refractivity contribution >= 4 is 33.6 Å². The lowest BCUT2D eigenvalue weighted by molar-refractivity contribution is 0.243. The zero-order valence-electron chi connectivity index (χ0n) is 17.9. The Hall–Kier alpha value is -1.58. The van der Waals surface area contributed by atoms with Crippen molar-refractivity contribution in [1.82, 2.24) is 4.90 Å². The first-order valence-electron chi connectivity index (χ1n) is 10.7. The number of aliphatic imine (C=N–C) groups is 1. The Bertz CT molecular complexity index is 523. The number of nitrogens with zero attached hydrogens (tertiary/aromatic N) is 2. The van der Waals surface area contributed by atoms with E-state index < -0.39 is 17.9 Å². The number of carbonyl (C=O) groups is 2. The van der Waals surface area contributed by atoms with Crippen molar-refractivity contribution in [3.8, 4) is 0 Å². The van der Waals surface area contributed by atoms with E-state index in [9.17, 15) is 9.59 Å². The Morgan fingerprint density at radius 1 is 0.889 bits per heavy atom. The predicted octanol–water partition coefficient (Wildman–Crippen LogP) is 5.71. The van der Waals surface area contributed by atoms with Gasteiger partial charge in [0.2, 0.25) is 15.7 Å². The second-order valence-corrected chi connectivity index (χ2v) is 6.62. The third-order valence-electron chi connectivity index (χ3n) is 4.13. The van der Waals surface area contributed by atoms with Crippen LogP contribution in [0.25, 0.3) is 0 Å². The summed E-state index contributed by atoms with van der Waals surface area (Å²) in [5.74, 6) is -1.80. The number of unbranched alkanes of at least 4 members (excludes halogenated alkanes) is 9. The second-order valence-electron chi connectivity index (χ2n) is 6.62. The smallest absolute Gasteiger partial charge is 0.203 e. The van der Waals surface area contributed by atoms with Crippen molar-refractivity contribution < 1.29 is 11.0 Å². The van der Waals surface area contributed by atoms with Crippen LogP contribution in [0.4, 0.5) is 9.59 Å². The molecule has 0 atom stereocenters. The van der Waals surface area contributed by atoms with Crippen LogP contribution >= 0.6 is 0 Å². The van der Waals surface area contributed by atoms with Crippen LogP contribution in [-0.4, -0.2) is 45.1 Å². The molecule has 6 heteroatoms. The Morgan fingerprint density at radius 3 is 2.00 bits per heavy atom. The summed E-state index contributed by atoms with van der Waals surface area (Å²) in [7, 11) is 10.1. The van der Waals surface area contributed by atoms with Gasteiger partial charge in [0.05, 0.1) is 6.31 Å². The molecule has 2 amide bonds. The van der Waals surface area contributed by atoms with Gasteiger partial charge in [-0.25, -0.2) is 4.99 Å². The molecule has 0 aliphatic heterocycles. The van der Waals surface area contributed by atoms with E-state index in [0.29, 0.717) is 6.42 Å². The molecule has 0 aromatic rings. The molecule has 0 rings (SSSR count). The van der Waals surface area contributed by atoms with Gasteiger partial charge in [-0.15, -0.1) is 0 Å². The van der Waals surface area contributed by atoms with E-state index in [4.69, 9.17) is 17.1 Å². The minimum absolute atomic E-state index is 0.277. The number of carbonyl (C=O) groups excluding carboxylic acids is 2. The molecule has 0 aromatic heterocycles. The Labute approximate surface area is 169 Å². The number of amides is 2. The summed E-state index contributed by atoms with van der Waals surface area (Å²) in [5, 5.41) is 0. The van der Waals surface area contributed by atoms with Crippen molar-refractivity contribution in [3.05, 3.63) is 24.3 Å². The van der Waals surface area contributed by atoms with Crippen molar-refractivity contribution in [2.45, 2.75) is 84.0 Å². The largest absolute Gasteiger partial charge is 0.313 e. The molecular formula is C21H34B2N2O2. The van der Waals surface area contributed by atoms with Gasteiger partial charge in [0, 0.05) is 6.54 Å². The molecule has 0 saturated carbocycles. The number of rotatable bonds is 15. The number of amidine groups is 1. The summed E-state index contributed by atoms with van der Waals surface area (Å²) in [5.41, 5.74) is 0. The van der Waals surface area contributed by atoms with Gasteiger partial charge in [0.25, 0.3) is 0 Å². The van der Waals surface area contributed by atoms with Gasteiger partial charge in [0.15, 0.2) is 11.6 Å². The van der Waals surface area contributed by atoms with E-state index in [0.717, 1.165) is 37.0 Å². The first-order valence-corrected chi connectivity index (χ1v) is 10.2. The van der Waals surface area contributed by atoms with Gasteiger partial charge >= 0.3 is 0 Å². The molecule has 0 heterocycles. The average Bonchev–Trinajstić information content (AvgIpc) is 2.63. The zero-order chi connectivity index (χ0) is 21.0. The highest BCUT2D eigenvalue weighted by atomic mass is 16.2. The first kappa shape index (κ1) is 23.5. The summed E-state index contributed by atoms with van der Waals surface area (Å²) in [6, 6.07) is 0. The third kappa shape index (κ3) is 19.0. The highest BCUT2D eigenvalue weighted by Crippen LogP contribution is 2.08. The summed E-state index contributed by atoms with van der Waals surface area (Å²) in [6.45, 7) is 2.50. The fraction of sp³-hybridized carbons (Fsp3) is 0.667. The maximum atomic E-state index is 11.3. The lowest BCUT2D eigenvalue weighted by atomic mass is 10.1. The normalized spacial score (nSPS) is 12.6. The number of allylic oxidation sites excluding steroid dienone is 4. The van der Waals surface area contributed by atoms with Crippen LogP contribution in [0, 0.1) is 0 Å². The summed E-state index contributed by atoms with van der Waals surface area (Å²) < 4.78 is 7.54. The van der Waals surface area contributed by atoms with E-state index in [-0.39, 0.29) is 6.54 Å². The van der Waals surface area contributed by atoms with E-state index in [1.54, 1.807) is 0 Å². The molecular weight excluding hydrogens is 334 g/mol. The van der Waals surface area contributed by atoms with E-state index in [1.165, 1.54) is 38.5 Å². The van der Waals surface area contributed by atoms with Gasteiger partial charge in [-0.3, -0.25) is 9.59 Å². The molecule has 0 saturated heterocycles. The van der Waals surface area contributed by atoms with Gasteiger partial charge in [-0.05, 0) is 38.5 Å². The van der Waals surface area contributed by atoms with Crippen molar-refractivity contribution in [3.63, 3.8) is 0 Å². The fourth-order valence-corrected chi connectivity index (χ4v) is 2.58. The Balaban J connectivity index is 3.64. The molecule has 0 unspecified atom stereocenters. The third-order valence-corrected chi connectivity index (χ3v) is 4.13. The first-order chi connectivity index (χ1) is 13.5. The van der Waals surface area contributed by atoms with Gasteiger partial charge < -0.3 is 4.90 Å². The van der Waals surface area contributed by atoms with Crippen LogP contribution in [0.5, 0.6) is 0 Å². The topological polar surface area (TPSA) is 49.7 Å². The lowest BCUT2D eigenvalue weighted by Gasteiger charge is -2.15. The van der Waals surface area contributed by atoms with Crippen LogP contribution in [-0.2, 0) is 0 Å². The van der Waals surface area contributed by atoms with Crippen LogP contribution in [0.15, 0.2) is 29.3 Å². The fourth-order valence-electron chi connectivity index (χ4n) is 2.58. The Morgan fingerprint density at radius 2 is 1.44 bits per heavy atom. The molecule has 0 aromatic carbocycles. The van der Waals surface area contributed by atoms with Gasteiger partial charge in [-0.1, -0.05) is 69.8 Å². The van der Waals surface area contributed by atoms with Crippen molar-refractivity contribution in [2.75, 3.05) is 6.54 Å². The van der Waals surface area contributed by atoms with Gasteiger partial charge in [0.1, 0.15) is 1.37 Å². The standard InChI is InChI=1S/C21H34B2N2O2/c1-2-3-4-5-6-7-8-9-10-11-12-13-14-15-16-17-18-25(21(23)27)19-24-20(22)26/h6-7,9-10,19H,2-5,8,11-18H2,1H3/b7-6-,10-9-,24-19?/i19T. The molecule has 0 fully saturated rings. The van der Waals surface area contributed by atoms with E-state index in [2.05, 4.69) is 36.2 Å². The number of hydrogen-bond donors (Lipinski definition) is 0. The van der Waals surface area contributed by atoms with E-state index >= 15 is 0 Å². The molecule has 0 bridgehead atoms. The van der Waals surface area contributed by atoms with Crippen LogP contribution < -0.4 is 0 Å². The predicted molar refractivity (Wildman–Crippen MR) is 117 cm³/mol. The summed E-state index contributed by atoms with van der Waals surface area (Å²) >= 11 is 0. The van der Waals surface area contributed by atoms with Crippen molar-refractivity contribution in [1.29, 1.82) is 0 Å². The lowest BCUT2D eigenvalue weighted by Crippen LogP contribution is -2.29. The zero-order valence-corrected chi connectivity index (χ0v) is 16.9. The summed E-state index contributed by atoms with van der Waals surface area (Å²) in [4.78, 5) is 26.2. The number of hydrogen-bond acceptors (Lipinski definition) is 2. The van der Waals surface area contributed by atoms with Gasteiger partial charge in [-0.2, -0.15) is 0 Å².